The Morgan fingerprint density at radius 1 is 1.11 bits per heavy atom. The van der Waals surface area contributed by atoms with Gasteiger partial charge in [0.25, 0.3) is 0 Å². The Morgan fingerprint density at radius 3 is 2.56 bits per heavy atom. The van der Waals surface area contributed by atoms with Gasteiger partial charge in [0.2, 0.25) is 6.79 Å². The lowest BCUT2D eigenvalue weighted by Crippen LogP contribution is -2.02. The van der Waals surface area contributed by atoms with Crippen LogP contribution in [0, 0.1) is 34.0 Å². The standard InChI is InChI=1S/C12H6N4O2/c13-4-8(5-14)10(6-15)16-9-2-1-3-11-12(9)18-7-17-11/h1-3,16H,7H2. The van der Waals surface area contributed by atoms with Crippen molar-refractivity contribution in [2.24, 2.45) is 0 Å². The molecule has 1 aromatic carbocycles. The highest BCUT2D eigenvalue weighted by atomic mass is 16.7. The van der Waals surface area contributed by atoms with Crippen LogP contribution >= 0.6 is 0 Å². The molecule has 1 aromatic rings. The van der Waals surface area contributed by atoms with E-state index in [4.69, 9.17) is 25.3 Å². The molecule has 2 rings (SSSR count). The van der Waals surface area contributed by atoms with Gasteiger partial charge in [0.15, 0.2) is 17.1 Å². The third-order valence-electron chi connectivity index (χ3n) is 2.24. The van der Waals surface area contributed by atoms with Gasteiger partial charge >= 0.3 is 0 Å². The van der Waals surface area contributed by atoms with Gasteiger partial charge in [0.05, 0.1) is 5.69 Å². The number of rotatable bonds is 2. The molecule has 0 unspecified atom stereocenters. The second kappa shape index (κ2) is 4.78. The zero-order valence-electron chi connectivity index (χ0n) is 9.10. The summed E-state index contributed by atoms with van der Waals surface area (Å²) in [4.78, 5) is 0. The van der Waals surface area contributed by atoms with Crippen molar-refractivity contribution in [3.63, 3.8) is 0 Å². The lowest BCUT2D eigenvalue weighted by molar-refractivity contribution is 0.174. The van der Waals surface area contributed by atoms with Crippen molar-refractivity contribution in [1.82, 2.24) is 0 Å². The highest BCUT2D eigenvalue weighted by Gasteiger charge is 2.18. The number of nitrogens with one attached hydrogen (secondary N) is 1. The Labute approximate surface area is 103 Å². The van der Waals surface area contributed by atoms with E-state index in [2.05, 4.69) is 5.32 Å². The number of benzene rings is 1. The highest BCUT2D eigenvalue weighted by molar-refractivity contribution is 5.69. The number of para-hydroxylation sites is 1. The second-order valence-electron chi connectivity index (χ2n) is 3.25. The van der Waals surface area contributed by atoms with E-state index in [9.17, 15) is 0 Å². The summed E-state index contributed by atoms with van der Waals surface area (Å²) < 4.78 is 10.4. The Kier molecular flexibility index (Phi) is 3.00. The maximum Gasteiger partial charge on any atom is 0.231 e. The Balaban J connectivity index is 2.40. The molecule has 0 saturated heterocycles. The summed E-state index contributed by atoms with van der Waals surface area (Å²) in [6, 6.07) is 10.2. The van der Waals surface area contributed by atoms with Gasteiger partial charge in [-0.2, -0.15) is 15.8 Å². The van der Waals surface area contributed by atoms with Crippen LogP contribution in [-0.4, -0.2) is 6.79 Å². The summed E-state index contributed by atoms with van der Waals surface area (Å²) in [5, 5.41) is 29.1. The molecule has 86 valence electrons. The highest BCUT2D eigenvalue weighted by Crippen LogP contribution is 2.39. The smallest absolute Gasteiger partial charge is 0.231 e. The largest absolute Gasteiger partial charge is 0.454 e. The van der Waals surface area contributed by atoms with Crippen molar-refractivity contribution in [3.8, 4) is 29.7 Å². The molecule has 0 bridgehead atoms. The fourth-order valence-corrected chi connectivity index (χ4v) is 1.45. The third-order valence-corrected chi connectivity index (χ3v) is 2.24. The van der Waals surface area contributed by atoms with Crippen molar-refractivity contribution in [2.75, 3.05) is 12.1 Å². The summed E-state index contributed by atoms with van der Waals surface area (Å²) in [6.45, 7) is 0.100. The Morgan fingerprint density at radius 2 is 1.89 bits per heavy atom. The van der Waals surface area contributed by atoms with Crippen LogP contribution in [0.4, 0.5) is 5.69 Å². The van der Waals surface area contributed by atoms with E-state index >= 15 is 0 Å². The topological polar surface area (TPSA) is 102 Å². The Bertz CT molecular complexity index is 628. The molecule has 0 aliphatic carbocycles. The van der Waals surface area contributed by atoms with E-state index in [0.717, 1.165) is 0 Å². The summed E-state index contributed by atoms with van der Waals surface area (Å²) in [5.74, 6) is 1.01. The molecular weight excluding hydrogens is 232 g/mol. The first kappa shape index (κ1) is 11.3. The number of nitrogens with zero attached hydrogens (tertiary/aromatic N) is 3. The van der Waals surface area contributed by atoms with Gasteiger partial charge in [-0.1, -0.05) is 6.07 Å². The van der Waals surface area contributed by atoms with Crippen molar-refractivity contribution in [1.29, 1.82) is 15.8 Å². The van der Waals surface area contributed by atoms with Crippen LogP contribution < -0.4 is 14.8 Å². The summed E-state index contributed by atoms with van der Waals surface area (Å²) in [6.07, 6.45) is 0. The summed E-state index contributed by atoms with van der Waals surface area (Å²) >= 11 is 0. The zero-order chi connectivity index (χ0) is 13.0. The number of ether oxygens (including phenoxy) is 2. The average molecular weight is 238 g/mol. The molecule has 0 fully saturated rings. The molecule has 0 aromatic heterocycles. The molecule has 0 radical (unpaired) electrons. The minimum Gasteiger partial charge on any atom is -0.454 e. The molecule has 1 aliphatic heterocycles. The predicted octanol–water partition coefficient (Wildman–Crippen LogP) is 1.65. The van der Waals surface area contributed by atoms with E-state index in [1.165, 1.54) is 0 Å². The van der Waals surface area contributed by atoms with Crippen molar-refractivity contribution >= 4 is 5.69 Å². The second-order valence-corrected chi connectivity index (χ2v) is 3.25. The third kappa shape index (κ3) is 1.89. The number of fused-ring (bicyclic) bond motifs is 1. The first-order valence-corrected chi connectivity index (χ1v) is 4.90. The number of hydrogen-bond donors (Lipinski definition) is 1. The van der Waals surface area contributed by atoms with Crippen LogP contribution in [0.15, 0.2) is 29.5 Å². The van der Waals surface area contributed by atoms with Crippen LogP contribution in [0.1, 0.15) is 0 Å². The van der Waals surface area contributed by atoms with E-state index in [0.29, 0.717) is 17.2 Å². The van der Waals surface area contributed by atoms with Gasteiger partial charge in [-0.3, -0.25) is 0 Å². The van der Waals surface area contributed by atoms with E-state index in [1.807, 2.05) is 0 Å². The first-order valence-electron chi connectivity index (χ1n) is 4.90. The van der Waals surface area contributed by atoms with E-state index in [-0.39, 0.29) is 18.1 Å². The lowest BCUT2D eigenvalue weighted by atomic mass is 10.2. The fraction of sp³-hybridized carbons (Fsp3) is 0.0833. The lowest BCUT2D eigenvalue weighted by Gasteiger charge is -2.07. The molecule has 18 heavy (non-hydrogen) atoms. The zero-order valence-corrected chi connectivity index (χ0v) is 9.10. The molecule has 1 N–H and O–H groups in total. The molecular formula is C12H6N4O2. The molecule has 0 atom stereocenters. The van der Waals surface area contributed by atoms with Crippen LogP contribution in [0.5, 0.6) is 11.5 Å². The monoisotopic (exact) mass is 238 g/mol. The molecule has 0 saturated carbocycles. The first-order chi connectivity index (χ1) is 8.80. The quantitative estimate of drug-likeness (QED) is 0.786. The van der Waals surface area contributed by atoms with Crippen LogP contribution in [-0.2, 0) is 0 Å². The average Bonchev–Trinajstić information content (AvgIpc) is 2.88. The van der Waals surface area contributed by atoms with Gasteiger partial charge in [0.1, 0.15) is 23.9 Å². The maximum atomic E-state index is 8.92. The van der Waals surface area contributed by atoms with Crippen LogP contribution in [0.3, 0.4) is 0 Å². The van der Waals surface area contributed by atoms with Crippen molar-refractivity contribution in [2.45, 2.75) is 0 Å². The number of nitriles is 3. The molecule has 6 nitrogen and oxygen atoms in total. The van der Waals surface area contributed by atoms with E-state index in [1.54, 1.807) is 36.4 Å². The van der Waals surface area contributed by atoms with Gasteiger partial charge in [0, 0.05) is 0 Å². The molecule has 1 heterocycles. The SMILES string of the molecule is N#CC(C#N)=C(C#N)Nc1cccc2c1OCO2. The summed E-state index contributed by atoms with van der Waals surface area (Å²) in [5.41, 5.74) is 0.0717. The van der Waals surface area contributed by atoms with Gasteiger partial charge in [-0.25, -0.2) is 0 Å². The van der Waals surface area contributed by atoms with E-state index < -0.39 is 0 Å². The minimum absolute atomic E-state index is 0.100. The predicted molar refractivity (Wildman–Crippen MR) is 60.1 cm³/mol. The molecule has 0 spiro atoms. The van der Waals surface area contributed by atoms with Crippen LogP contribution in [0.2, 0.25) is 0 Å². The van der Waals surface area contributed by atoms with Crippen molar-refractivity contribution < 1.29 is 9.47 Å². The number of hydrogen-bond acceptors (Lipinski definition) is 6. The number of allylic oxidation sites excluding steroid dienone is 2. The fourth-order valence-electron chi connectivity index (χ4n) is 1.45. The van der Waals surface area contributed by atoms with Crippen molar-refractivity contribution in [3.05, 3.63) is 29.5 Å². The van der Waals surface area contributed by atoms with Gasteiger partial charge in [-0.05, 0) is 12.1 Å². The molecule has 0 amide bonds. The minimum atomic E-state index is -0.283. The summed E-state index contributed by atoms with van der Waals surface area (Å²) in [7, 11) is 0. The molecule has 1 aliphatic rings. The van der Waals surface area contributed by atoms with Gasteiger partial charge < -0.3 is 14.8 Å². The Hall–Kier alpha value is -3.17. The van der Waals surface area contributed by atoms with Gasteiger partial charge in [-0.15, -0.1) is 0 Å². The molecule has 6 heteroatoms. The number of anilines is 1. The van der Waals surface area contributed by atoms with Crippen LogP contribution in [0.25, 0.3) is 0 Å². The normalized spacial score (nSPS) is 10.7. The maximum absolute atomic E-state index is 8.92.